The Labute approximate surface area is 131 Å². The monoisotopic (exact) mass is 303 g/mol. The molecule has 21 heavy (non-hydrogen) atoms. The minimum Gasteiger partial charge on any atom is -0.383 e. The van der Waals surface area contributed by atoms with Gasteiger partial charge in [0, 0.05) is 18.9 Å². The van der Waals surface area contributed by atoms with Crippen molar-refractivity contribution >= 4 is 17.3 Å². The normalized spacial score (nSPS) is 16.0. The maximum Gasteiger partial charge on any atom is 0.0992 e. The van der Waals surface area contributed by atoms with Gasteiger partial charge in [-0.1, -0.05) is 49.8 Å². The van der Waals surface area contributed by atoms with Crippen LogP contribution in [-0.2, 0) is 0 Å². The Morgan fingerprint density at radius 3 is 2.86 bits per heavy atom. The molecular weight excluding hydrogens is 282 g/mol. The van der Waals surface area contributed by atoms with Crippen LogP contribution in [0, 0.1) is 5.92 Å². The number of hydrogen-bond donors (Lipinski definition) is 1. The van der Waals surface area contributed by atoms with Crippen molar-refractivity contribution in [2.24, 2.45) is 5.92 Å². The second kappa shape index (κ2) is 6.99. The summed E-state index contributed by atoms with van der Waals surface area (Å²) < 4.78 is 1.96. The van der Waals surface area contributed by atoms with Gasteiger partial charge in [0.15, 0.2) is 0 Å². The van der Waals surface area contributed by atoms with Crippen LogP contribution in [0.5, 0.6) is 0 Å². The van der Waals surface area contributed by atoms with Crippen LogP contribution in [-0.4, -0.2) is 16.1 Å². The molecule has 1 N–H and O–H groups in total. The molecule has 0 amide bonds. The SMILES string of the molecule is Clc1cccc(NCCC2CCCCC2)c1-n1ccnc1. The van der Waals surface area contributed by atoms with Crippen LogP contribution < -0.4 is 5.32 Å². The quantitative estimate of drug-likeness (QED) is 0.850. The molecule has 3 nitrogen and oxygen atoms in total. The number of aromatic nitrogens is 2. The third-order valence-electron chi connectivity index (χ3n) is 4.34. The zero-order valence-corrected chi connectivity index (χ0v) is 13.0. The number of anilines is 1. The van der Waals surface area contributed by atoms with Crippen molar-refractivity contribution in [2.75, 3.05) is 11.9 Å². The van der Waals surface area contributed by atoms with Gasteiger partial charge in [-0.25, -0.2) is 4.98 Å². The van der Waals surface area contributed by atoms with Crippen molar-refractivity contribution in [3.05, 3.63) is 41.9 Å². The Kier molecular flexibility index (Phi) is 4.81. The van der Waals surface area contributed by atoms with E-state index in [-0.39, 0.29) is 0 Å². The van der Waals surface area contributed by atoms with Crippen LogP contribution in [0.15, 0.2) is 36.9 Å². The fraction of sp³-hybridized carbons (Fsp3) is 0.471. The summed E-state index contributed by atoms with van der Waals surface area (Å²) in [5, 5.41) is 4.30. The van der Waals surface area contributed by atoms with Crippen molar-refractivity contribution in [1.82, 2.24) is 9.55 Å². The summed E-state index contributed by atoms with van der Waals surface area (Å²) in [4.78, 5) is 4.11. The van der Waals surface area contributed by atoms with E-state index in [1.807, 2.05) is 22.9 Å². The Morgan fingerprint density at radius 2 is 2.10 bits per heavy atom. The molecule has 0 bridgehead atoms. The van der Waals surface area contributed by atoms with E-state index < -0.39 is 0 Å². The number of halogens is 1. The fourth-order valence-corrected chi connectivity index (χ4v) is 3.47. The van der Waals surface area contributed by atoms with Crippen molar-refractivity contribution in [2.45, 2.75) is 38.5 Å². The van der Waals surface area contributed by atoms with Gasteiger partial charge in [0.25, 0.3) is 0 Å². The molecule has 1 saturated carbocycles. The van der Waals surface area contributed by atoms with Gasteiger partial charge >= 0.3 is 0 Å². The first-order valence-corrected chi connectivity index (χ1v) is 8.23. The minimum absolute atomic E-state index is 0.746. The molecule has 112 valence electrons. The smallest absolute Gasteiger partial charge is 0.0992 e. The Balaban J connectivity index is 1.66. The minimum atomic E-state index is 0.746. The van der Waals surface area contributed by atoms with E-state index >= 15 is 0 Å². The summed E-state index contributed by atoms with van der Waals surface area (Å²) in [6.45, 7) is 1.01. The van der Waals surface area contributed by atoms with Crippen LogP contribution in [0.2, 0.25) is 5.02 Å². The average Bonchev–Trinajstić information content (AvgIpc) is 3.02. The highest BCUT2D eigenvalue weighted by molar-refractivity contribution is 6.33. The number of hydrogen-bond acceptors (Lipinski definition) is 2. The van der Waals surface area contributed by atoms with E-state index in [4.69, 9.17) is 11.6 Å². The summed E-state index contributed by atoms with van der Waals surface area (Å²) in [6.07, 6.45) is 13.7. The van der Waals surface area contributed by atoms with Gasteiger partial charge < -0.3 is 9.88 Å². The van der Waals surface area contributed by atoms with Gasteiger partial charge in [0.05, 0.1) is 22.7 Å². The molecule has 0 saturated heterocycles. The largest absolute Gasteiger partial charge is 0.383 e. The Hall–Kier alpha value is -1.48. The molecule has 0 spiro atoms. The molecule has 1 heterocycles. The standard InChI is InChI=1S/C17H22ClN3/c18-15-7-4-8-16(17(15)21-12-11-19-13-21)20-10-9-14-5-2-1-3-6-14/h4,7-8,11-14,20H,1-3,5-6,9-10H2. The lowest BCUT2D eigenvalue weighted by Gasteiger charge is -2.22. The molecule has 0 unspecified atom stereocenters. The molecule has 4 heteroatoms. The number of nitrogens with zero attached hydrogens (tertiary/aromatic N) is 2. The van der Waals surface area contributed by atoms with Crippen LogP contribution >= 0.6 is 11.6 Å². The third kappa shape index (κ3) is 3.59. The second-order valence-corrected chi connectivity index (χ2v) is 6.23. The number of benzene rings is 1. The highest BCUT2D eigenvalue weighted by Crippen LogP contribution is 2.30. The molecule has 0 atom stereocenters. The third-order valence-corrected chi connectivity index (χ3v) is 4.65. The van der Waals surface area contributed by atoms with Gasteiger partial charge in [0.1, 0.15) is 0 Å². The highest BCUT2D eigenvalue weighted by atomic mass is 35.5. The van der Waals surface area contributed by atoms with Gasteiger partial charge in [0.2, 0.25) is 0 Å². The van der Waals surface area contributed by atoms with Crippen LogP contribution in [0.3, 0.4) is 0 Å². The molecular formula is C17H22ClN3. The van der Waals surface area contributed by atoms with Crippen molar-refractivity contribution in [3.63, 3.8) is 0 Å². The molecule has 0 aliphatic heterocycles. The number of rotatable bonds is 5. The molecule has 3 rings (SSSR count). The van der Waals surface area contributed by atoms with E-state index in [1.165, 1.54) is 38.5 Å². The molecule has 1 aromatic carbocycles. The van der Waals surface area contributed by atoms with Crippen LogP contribution in [0.1, 0.15) is 38.5 Å². The van der Waals surface area contributed by atoms with E-state index in [0.717, 1.165) is 28.9 Å². The van der Waals surface area contributed by atoms with Gasteiger partial charge in [-0.3, -0.25) is 0 Å². The summed E-state index contributed by atoms with van der Waals surface area (Å²) in [5.74, 6) is 0.891. The van der Waals surface area contributed by atoms with E-state index in [1.54, 1.807) is 12.5 Å². The average molecular weight is 304 g/mol. The zero-order valence-electron chi connectivity index (χ0n) is 12.3. The van der Waals surface area contributed by atoms with Crippen LogP contribution in [0.4, 0.5) is 5.69 Å². The molecule has 1 aliphatic rings. The lowest BCUT2D eigenvalue weighted by atomic mass is 9.87. The zero-order chi connectivity index (χ0) is 14.5. The van der Waals surface area contributed by atoms with E-state index in [2.05, 4.69) is 16.4 Å². The predicted molar refractivity (Wildman–Crippen MR) is 88.3 cm³/mol. The van der Waals surface area contributed by atoms with E-state index in [0.29, 0.717) is 0 Å². The van der Waals surface area contributed by atoms with Crippen LogP contribution in [0.25, 0.3) is 5.69 Å². The van der Waals surface area contributed by atoms with Crippen molar-refractivity contribution in [3.8, 4) is 5.69 Å². The molecule has 1 fully saturated rings. The summed E-state index contributed by atoms with van der Waals surface area (Å²) >= 11 is 6.36. The summed E-state index contributed by atoms with van der Waals surface area (Å²) in [7, 11) is 0. The second-order valence-electron chi connectivity index (χ2n) is 5.83. The summed E-state index contributed by atoms with van der Waals surface area (Å²) in [5.41, 5.74) is 2.07. The molecule has 2 aromatic rings. The van der Waals surface area contributed by atoms with Crippen molar-refractivity contribution in [1.29, 1.82) is 0 Å². The van der Waals surface area contributed by atoms with Gasteiger partial charge in [-0.15, -0.1) is 0 Å². The first-order valence-electron chi connectivity index (χ1n) is 7.85. The number of para-hydroxylation sites is 1. The van der Waals surface area contributed by atoms with E-state index in [9.17, 15) is 0 Å². The number of imidazole rings is 1. The maximum absolute atomic E-state index is 6.36. The highest BCUT2D eigenvalue weighted by Gasteiger charge is 2.13. The molecule has 1 aliphatic carbocycles. The van der Waals surface area contributed by atoms with Gasteiger partial charge in [-0.05, 0) is 24.5 Å². The lowest BCUT2D eigenvalue weighted by molar-refractivity contribution is 0.345. The Bertz CT molecular complexity index is 559. The first-order chi connectivity index (χ1) is 10.3. The fourth-order valence-electron chi connectivity index (χ4n) is 3.20. The first kappa shape index (κ1) is 14.5. The maximum atomic E-state index is 6.36. The number of nitrogens with one attached hydrogen (secondary N) is 1. The molecule has 0 radical (unpaired) electrons. The topological polar surface area (TPSA) is 29.9 Å². The Morgan fingerprint density at radius 1 is 1.24 bits per heavy atom. The predicted octanol–water partition coefficient (Wildman–Crippen LogP) is 4.91. The molecule has 1 aromatic heterocycles. The lowest BCUT2D eigenvalue weighted by Crippen LogP contribution is -2.13. The van der Waals surface area contributed by atoms with Crippen molar-refractivity contribution < 1.29 is 0 Å². The van der Waals surface area contributed by atoms with Gasteiger partial charge in [-0.2, -0.15) is 0 Å². The summed E-state index contributed by atoms with van der Waals surface area (Å²) in [6, 6.07) is 6.00.